The summed E-state index contributed by atoms with van der Waals surface area (Å²) in [6, 6.07) is -0.0181. The molecule has 1 aromatic rings. The maximum atomic E-state index is 11.0. The van der Waals surface area contributed by atoms with E-state index in [-0.39, 0.29) is 30.7 Å². The van der Waals surface area contributed by atoms with Gasteiger partial charge in [0.2, 0.25) is 11.8 Å². The fraction of sp³-hybridized carbons (Fsp3) is 0.600. The van der Waals surface area contributed by atoms with Crippen LogP contribution in [0.4, 0.5) is 17.5 Å². The average molecular weight is 255 g/mol. The average Bonchev–Trinajstić information content (AvgIpc) is 2.34. The Hall–Kier alpha value is -1.96. The molecule has 0 aliphatic heterocycles. The first-order valence-corrected chi connectivity index (χ1v) is 5.58. The van der Waals surface area contributed by atoms with Gasteiger partial charge in [-0.3, -0.25) is 10.1 Å². The SMILES string of the molecule is CNc1ncc([N+](=O)[O-])c(N(CCO)C(C)C)n1. The van der Waals surface area contributed by atoms with Crippen LogP contribution in [-0.4, -0.2) is 46.2 Å². The van der Waals surface area contributed by atoms with E-state index in [1.807, 2.05) is 13.8 Å². The van der Waals surface area contributed by atoms with Gasteiger partial charge >= 0.3 is 5.69 Å². The van der Waals surface area contributed by atoms with E-state index in [0.717, 1.165) is 0 Å². The van der Waals surface area contributed by atoms with Crippen LogP contribution in [0.3, 0.4) is 0 Å². The van der Waals surface area contributed by atoms with Gasteiger partial charge in [-0.2, -0.15) is 4.98 Å². The first-order chi connectivity index (χ1) is 8.51. The summed E-state index contributed by atoms with van der Waals surface area (Å²) in [5.41, 5.74) is -0.170. The van der Waals surface area contributed by atoms with E-state index in [9.17, 15) is 10.1 Å². The Morgan fingerprint density at radius 3 is 2.72 bits per heavy atom. The van der Waals surface area contributed by atoms with Gasteiger partial charge in [-0.15, -0.1) is 0 Å². The normalized spacial score (nSPS) is 10.5. The summed E-state index contributed by atoms with van der Waals surface area (Å²) in [7, 11) is 1.64. The molecule has 0 aliphatic rings. The lowest BCUT2D eigenvalue weighted by atomic mass is 10.3. The fourth-order valence-electron chi connectivity index (χ4n) is 1.54. The highest BCUT2D eigenvalue weighted by Crippen LogP contribution is 2.27. The smallest absolute Gasteiger partial charge is 0.329 e. The zero-order chi connectivity index (χ0) is 13.7. The lowest BCUT2D eigenvalue weighted by molar-refractivity contribution is -0.384. The minimum absolute atomic E-state index is 0.0181. The zero-order valence-corrected chi connectivity index (χ0v) is 10.6. The second-order valence-electron chi connectivity index (χ2n) is 3.92. The summed E-state index contributed by atoms with van der Waals surface area (Å²) in [6.07, 6.45) is 1.17. The summed E-state index contributed by atoms with van der Waals surface area (Å²) in [5, 5.41) is 22.7. The quantitative estimate of drug-likeness (QED) is 0.567. The molecular formula is C10H17N5O3. The molecule has 0 fully saturated rings. The molecule has 8 heteroatoms. The molecule has 1 rings (SSSR count). The van der Waals surface area contributed by atoms with Gasteiger partial charge in [0.25, 0.3) is 0 Å². The van der Waals surface area contributed by atoms with Crippen LogP contribution in [0.5, 0.6) is 0 Å². The van der Waals surface area contributed by atoms with E-state index in [2.05, 4.69) is 15.3 Å². The molecule has 0 aliphatic carbocycles. The second kappa shape index (κ2) is 6.10. The number of aliphatic hydroxyl groups excluding tert-OH is 1. The van der Waals surface area contributed by atoms with Crippen molar-refractivity contribution in [1.82, 2.24) is 9.97 Å². The molecule has 1 heterocycles. The topological polar surface area (TPSA) is 104 Å². The highest BCUT2D eigenvalue weighted by atomic mass is 16.6. The molecule has 1 aromatic heterocycles. The molecule has 8 nitrogen and oxygen atoms in total. The Labute approximate surface area is 105 Å². The molecular weight excluding hydrogens is 238 g/mol. The van der Waals surface area contributed by atoms with Crippen molar-refractivity contribution in [2.45, 2.75) is 19.9 Å². The third-order valence-electron chi connectivity index (χ3n) is 2.41. The van der Waals surface area contributed by atoms with Crippen LogP contribution in [0.25, 0.3) is 0 Å². The number of rotatable bonds is 6. The van der Waals surface area contributed by atoms with Gasteiger partial charge in [0.15, 0.2) is 0 Å². The molecule has 0 spiro atoms. The van der Waals surface area contributed by atoms with Crippen molar-refractivity contribution in [2.75, 3.05) is 30.4 Å². The van der Waals surface area contributed by atoms with E-state index in [1.165, 1.54) is 6.20 Å². The Morgan fingerprint density at radius 2 is 2.28 bits per heavy atom. The Morgan fingerprint density at radius 1 is 1.61 bits per heavy atom. The maximum Gasteiger partial charge on any atom is 0.329 e. The summed E-state index contributed by atoms with van der Waals surface area (Å²) >= 11 is 0. The van der Waals surface area contributed by atoms with E-state index in [1.54, 1.807) is 11.9 Å². The Kier molecular flexibility index (Phi) is 4.78. The molecule has 0 aromatic carbocycles. The van der Waals surface area contributed by atoms with Gasteiger partial charge in [0.1, 0.15) is 6.20 Å². The van der Waals surface area contributed by atoms with Gasteiger partial charge < -0.3 is 15.3 Å². The Balaban J connectivity index is 3.27. The molecule has 0 atom stereocenters. The first-order valence-electron chi connectivity index (χ1n) is 5.58. The Bertz CT molecular complexity index is 424. The summed E-state index contributed by atoms with van der Waals surface area (Å²) < 4.78 is 0. The minimum Gasteiger partial charge on any atom is -0.395 e. The van der Waals surface area contributed by atoms with Gasteiger partial charge in [0.05, 0.1) is 11.5 Å². The van der Waals surface area contributed by atoms with Gasteiger partial charge in [-0.25, -0.2) is 4.98 Å². The van der Waals surface area contributed by atoms with E-state index >= 15 is 0 Å². The number of anilines is 2. The molecule has 0 bridgehead atoms. The summed E-state index contributed by atoms with van der Waals surface area (Å²) in [4.78, 5) is 20.0. The first kappa shape index (κ1) is 14.1. The van der Waals surface area contributed by atoms with Crippen molar-refractivity contribution >= 4 is 17.5 Å². The molecule has 0 saturated carbocycles. The largest absolute Gasteiger partial charge is 0.395 e. The van der Waals surface area contributed by atoms with Crippen LogP contribution in [0.15, 0.2) is 6.20 Å². The molecule has 2 N–H and O–H groups in total. The molecule has 0 radical (unpaired) electrons. The van der Waals surface area contributed by atoms with Crippen LogP contribution < -0.4 is 10.2 Å². The van der Waals surface area contributed by atoms with Crippen molar-refractivity contribution in [1.29, 1.82) is 0 Å². The second-order valence-corrected chi connectivity index (χ2v) is 3.92. The number of aromatic nitrogens is 2. The molecule has 0 unspecified atom stereocenters. The third-order valence-corrected chi connectivity index (χ3v) is 2.41. The van der Waals surface area contributed by atoms with Crippen molar-refractivity contribution < 1.29 is 10.0 Å². The van der Waals surface area contributed by atoms with Crippen LogP contribution in [0.1, 0.15) is 13.8 Å². The van der Waals surface area contributed by atoms with Crippen molar-refractivity contribution in [3.05, 3.63) is 16.3 Å². The van der Waals surface area contributed by atoms with Crippen LogP contribution in [0.2, 0.25) is 0 Å². The summed E-state index contributed by atoms with van der Waals surface area (Å²) in [6.45, 7) is 3.92. The summed E-state index contributed by atoms with van der Waals surface area (Å²) in [5.74, 6) is 0.516. The van der Waals surface area contributed by atoms with Crippen molar-refractivity contribution in [3.63, 3.8) is 0 Å². The van der Waals surface area contributed by atoms with Crippen LogP contribution in [-0.2, 0) is 0 Å². The molecule has 18 heavy (non-hydrogen) atoms. The lowest BCUT2D eigenvalue weighted by Crippen LogP contribution is -2.34. The van der Waals surface area contributed by atoms with Gasteiger partial charge in [0, 0.05) is 19.6 Å². The lowest BCUT2D eigenvalue weighted by Gasteiger charge is -2.26. The van der Waals surface area contributed by atoms with Gasteiger partial charge in [-0.05, 0) is 13.8 Å². The number of nitrogens with one attached hydrogen (secondary N) is 1. The number of nitrogens with zero attached hydrogens (tertiary/aromatic N) is 4. The predicted molar refractivity (Wildman–Crippen MR) is 67.8 cm³/mol. The maximum absolute atomic E-state index is 11.0. The highest BCUT2D eigenvalue weighted by molar-refractivity contribution is 5.59. The molecule has 0 saturated heterocycles. The van der Waals surface area contributed by atoms with Gasteiger partial charge in [-0.1, -0.05) is 0 Å². The molecule has 0 amide bonds. The minimum atomic E-state index is -0.526. The van der Waals surface area contributed by atoms with Crippen LogP contribution >= 0.6 is 0 Å². The standard InChI is InChI=1S/C10H17N5O3/c1-7(2)14(4-5-16)9-8(15(17)18)6-12-10(11-3)13-9/h6-7,16H,4-5H2,1-3H3,(H,11,12,13). The van der Waals surface area contributed by atoms with Crippen LogP contribution in [0, 0.1) is 10.1 Å². The monoisotopic (exact) mass is 255 g/mol. The fourth-order valence-corrected chi connectivity index (χ4v) is 1.54. The highest BCUT2D eigenvalue weighted by Gasteiger charge is 2.24. The van der Waals surface area contributed by atoms with E-state index in [0.29, 0.717) is 5.95 Å². The van der Waals surface area contributed by atoms with E-state index < -0.39 is 4.92 Å². The number of nitro groups is 1. The van der Waals surface area contributed by atoms with E-state index in [4.69, 9.17) is 5.11 Å². The molecule has 100 valence electrons. The number of aliphatic hydroxyl groups is 1. The third kappa shape index (κ3) is 3.04. The van der Waals surface area contributed by atoms with Crippen molar-refractivity contribution in [3.8, 4) is 0 Å². The van der Waals surface area contributed by atoms with Crippen molar-refractivity contribution in [2.24, 2.45) is 0 Å². The number of hydrogen-bond acceptors (Lipinski definition) is 7. The predicted octanol–water partition coefficient (Wildman–Crippen LogP) is 0.634. The number of hydrogen-bond donors (Lipinski definition) is 2. The zero-order valence-electron chi connectivity index (χ0n) is 10.6.